The van der Waals surface area contributed by atoms with Crippen molar-refractivity contribution in [2.75, 3.05) is 0 Å². The lowest BCUT2D eigenvalue weighted by atomic mass is 10.2. The van der Waals surface area contributed by atoms with E-state index < -0.39 is 0 Å². The van der Waals surface area contributed by atoms with Crippen molar-refractivity contribution in [1.29, 1.82) is 0 Å². The average molecular weight is 283 g/mol. The number of rotatable bonds is 3. The smallest absolute Gasteiger partial charge is 0.195 e. The maximum Gasteiger partial charge on any atom is 0.195 e. The minimum absolute atomic E-state index is 0.583. The third-order valence-electron chi connectivity index (χ3n) is 2.96. The van der Waals surface area contributed by atoms with E-state index in [0.29, 0.717) is 11.3 Å². The molecule has 0 spiro atoms. The molecule has 0 bridgehead atoms. The predicted molar refractivity (Wildman–Crippen MR) is 78.7 cm³/mol. The van der Waals surface area contributed by atoms with Crippen molar-refractivity contribution in [3.63, 3.8) is 0 Å². The molecule has 0 radical (unpaired) electrons. The monoisotopic (exact) mass is 283 g/mol. The first-order valence-electron chi connectivity index (χ1n) is 6.22. The van der Waals surface area contributed by atoms with Crippen LogP contribution in [0.15, 0.2) is 42.7 Å². The summed E-state index contributed by atoms with van der Waals surface area (Å²) in [6.07, 6.45) is 3.48. The lowest BCUT2D eigenvalue weighted by Crippen LogP contribution is -2.04. The van der Waals surface area contributed by atoms with Crippen LogP contribution in [-0.2, 0) is 6.54 Å². The van der Waals surface area contributed by atoms with Crippen LogP contribution in [0.5, 0.6) is 0 Å². The number of nitrogens with one attached hydrogen (secondary N) is 1. The van der Waals surface area contributed by atoms with Crippen molar-refractivity contribution >= 4 is 12.2 Å². The second-order valence-electron chi connectivity index (χ2n) is 4.44. The van der Waals surface area contributed by atoms with Crippen molar-refractivity contribution < 1.29 is 0 Å². The molecule has 0 fully saturated rings. The van der Waals surface area contributed by atoms with Crippen LogP contribution in [-0.4, -0.2) is 24.7 Å². The minimum atomic E-state index is 0.583. The predicted octanol–water partition coefficient (Wildman–Crippen LogP) is 2.75. The van der Waals surface area contributed by atoms with E-state index in [2.05, 4.69) is 20.2 Å². The Morgan fingerprint density at radius 2 is 2.00 bits per heavy atom. The number of hydrogen-bond acceptors (Lipinski definition) is 4. The molecule has 0 unspecified atom stereocenters. The summed E-state index contributed by atoms with van der Waals surface area (Å²) in [7, 11) is 0. The molecule has 0 atom stereocenters. The minimum Gasteiger partial charge on any atom is -0.294 e. The summed E-state index contributed by atoms with van der Waals surface area (Å²) < 4.78 is 2.52. The first-order valence-corrected chi connectivity index (χ1v) is 6.63. The Labute approximate surface area is 121 Å². The van der Waals surface area contributed by atoms with E-state index in [9.17, 15) is 0 Å². The number of hydrogen-bond donors (Lipinski definition) is 1. The normalized spacial score (nSPS) is 10.7. The summed E-state index contributed by atoms with van der Waals surface area (Å²) in [5.74, 6) is 0.792. The summed E-state index contributed by atoms with van der Waals surface area (Å²) in [6, 6.07) is 9.77. The lowest BCUT2D eigenvalue weighted by Gasteiger charge is -2.07. The van der Waals surface area contributed by atoms with E-state index in [1.165, 1.54) is 0 Å². The van der Waals surface area contributed by atoms with Gasteiger partial charge in [0, 0.05) is 23.7 Å². The second kappa shape index (κ2) is 5.34. The van der Waals surface area contributed by atoms with E-state index in [0.717, 1.165) is 22.8 Å². The molecule has 0 aliphatic heterocycles. The molecule has 20 heavy (non-hydrogen) atoms. The fourth-order valence-corrected chi connectivity index (χ4v) is 2.23. The quantitative estimate of drug-likeness (QED) is 0.751. The summed E-state index contributed by atoms with van der Waals surface area (Å²) in [5.41, 5.74) is 2.92. The number of H-pyrrole nitrogens is 1. The summed E-state index contributed by atoms with van der Waals surface area (Å²) in [4.78, 5) is 8.52. The van der Waals surface area contributed by atoms with Crippen LogP contribution in [0.25, 0.3) is 11.4 Å². The molecule has 3 aromatic rings. The van der Waals surface area contributed by atoms with Gasteiger partial charge in [-0.05, 0) is 43.4 Å². The van der Waals surface area contributed by atoms with Gasteiger partial charge in [0.15, 0.2) is 10.6 Å². The van der Waals surface area contributed by atoms with Crippen LogP contribution in [0.3, 0.4) is 0 Å². The van der Waals surface area contributed by atoms with Crippen molar-refractivity contribution in [2.45, 2.75) is 13.5 Å². The molecule has 3 rings (SSSR count). The van der Waals surface area contributed by atoms with Gasteiger partial charge < -0.3 is 0 Å². The van der Waals surface area contributed by atoms with Gasteiger partial charge in [-0.15, -0.1) is 0 Å². The molecule has 100 valence electrons. The van der Waals surface area contributed by atoms with Gasteiger partial charge in [0.05, 0.1) is 12.2 Å². The molecule has 0 aliphatic rings. The Morgan fingerprint density at radius 1 is 1.20 bits per heavy atom. The van der Waals surface area contributed by atoms with E-state index in [1.807, 2.05) is 41.8 Å². The van der Waals surface area contributed by atoms with Crippen LogP contribution >= 0.6 is 12.2 Å². The van der Waals surface area contributed by atoms with Crippen molar-refractivity contribution in [2.24, 2.45) is 0 Å². The molecular formula is C14H13N5S. The number of pyridine rings is 2. The molecule has 0 aliphatic carbocycles. The molecule has 0 amide bonds. The Morgan fingerprint density at radius 3 is 2.75 bits per heavy atom. The van der Waals surface area contributed by atoms with Crippen LogP contribution in [0.2, 0.25) is 0 Å². The SMILES string of the molecule is Cc1cccc(Cn2c(-c3ccncc3)n[nH]c2=S)n1. The van der Waals surface area contributed by atoms with E-state index >= 15 is 0 Å². The Hall–Kier alpha value is -2.34. The zero-order valence-electron chi connectivity index (χ0n) is 10.9. The highest BCUT2D eigenvalue weighted by Crippen LogP contribution is 2.17. The number of aromatic nitrogens is 5. The zero-order chi connectivity index (χ0) is 13.9. The fraction of sp³-hybridized carbons (Fsp3) is 0.143. The van der Waals surface area contributed by atoms with Crippen LogP contribution in [0, 0.1) is 11.7 Å². The summed E-state index contributed by atoms with van der Waals surface area (Å²) >= 11 is 5.31. The molecule has 0 aromatic carbocycles. The standard InChI is InChI=1S/C14H13N5S/c1-10-3-2-4-12(16-10)9-19-13(17-18-14(19)20)11-5-7-15-8-6-11/h2-8H,9H2,1H3,(H,18,20). The highest BCUT2D eigenvalue weighted by Gasteiger charge is 2.09. The Bertz CT molecular complexity index is 776. The third-order valence-corrected chi connectivity index (χ3v) is 3.27. The third kappa shape index (κ3) is 2.50. The van der Waals surface area contributed by atoms with Gasteiger partial charge in [-0.1, -0.05) is 6.07 Å². The van der Waals surface area contributed by atoms with Gasteiger partial charge in [0.2, 0.25) is 0 Å². The lowest BCUT2D eigenvalue weighted by molar-refractivity contribution is 0.763. The van der Waals surface area contributed by atoms with Crippen molar-refractivity contribution in [3.8, 4) is 11.4 Å². The molecule has 3 heterocycles. The molecule has 0 saturated carbocycles. The van der Waals surface area contributed by atoms with Gasteiger partial charge >= 0.3 is 0 Å². The fourth-order valence-electron chi connectivity index (χ4n) is 2.04. The van der Waals surface area contributed by atoms with Gasteiger partial charge in [0.25, 0.3) is 0 Å². The molecule has 6 heteroatoms. The Kier molecular flexibility index (Phi) is 3.39. The molecule has 1 N–H and O–H groups in total. The van der Waals surface area contributed by atoms with Gasteiger partial charge in [0.1, 0.15) is 0 Å². The van der Waals surface area contributed by atoms with Crippen LogP contribution in [0.1, 0.15) is 11.4 Å². The van der Waals surface area contributed by atoms with Crippen molar-refractivity contribution in [3.05, 3.63) is 58.9 Å². The first kappa shape index (κ1) is 12.7. The van der Waals surface area contributed by atoms with E-state index in [1.54, 1.807) is 12.4 Å². The molecule has 3 aromatic heterocycles. The maximum absolute atomic E-state index is 5.31. The molecule has 5 nitrogen and oxygen atoms in total. The summed E-state index contributed by atoms with van der Waals surface area (Å²) in [5, 5.41) is 7.13. The summed E-state index contributed by atoms with van der Waals surface area (Å²) in [6.45, 7) is 2.57. The van der Waals surface area contributed by atoms with Gasteiger partial charge in [-0.25, -0.2) is 0 Å². The average Bonchev–Trinajstić information content (AvgIpc) is 2.81. The Balaban J connectivity index is 2.02. The maximum atomic E-state index is 5.31. The van der Waals surface area contributed by atoms with Crippen molar-refractivity contribution in [1.82, 2.24) is 24.7 Å². The van der Waals surface area contributed by atoms with Gasteiger partial charge in [-0.3, -0.25) is 19.6 Å². The largest absolute Gasteiger partial charge is 0.294 e. The second-order valence-corrected chi connectivity index (χ2v) is 4.83. The zero-order valence-corrected chi connectivity index (χ0v) is 11.8. The van der Waals surface area contributed by atoms with Crippen LogP contribution in [0.4, 0.5) is 0 Å². The van der Waals surface area contributed by atoms with E-state index in [-0.39, 0.29) is 0 Å². The number of nitrogens with zero attached hydrogens (tertiary/aromatic N) is 4. The topological polar surface area (TPSA) is 59.4 Å². The molecule has 0 saturated heterocycles. The first-order chi connectivity index (χ1) is 9.74. The molecular weight excluding hydrogens is 270 g/mol. The number of aryl methyl sites for hydroxylation is 1. The highest BCUT2D eigenvalue weighted by atomic mass is 32.1. The number of aromatic amines is 1. The highest BCUT2D eigenvalue weighted by molar-refractivity contribution is 7.71. The van der Waals surface area contributed by atoms with Gasteiger partial charge in [-0.2, -0.15) is 5.10 Å². The van der Waals surface area contributed by atoms with E-state index in [4.69, 9.17) is 12.2 Å². The van der Waals surface area contributed by atoms with Crippen LogP contribution < -0.4 is 0 Å².